The van der Waals surface area contributed by atoms with E-state index >= 15 is 0 Å². The van der Waals surface area contributed by atoms with Crippen molar-refractivity contribution < 1.29 is 0 Å². The van der Waals surface area contributed by atoms with Crippen molar-refractivity contribution in [3.05, 3.63) is 0 Å². The van der Waals surface area contributed by atoms with Crippen LogP contribution in [-0.2, 0) is 0 Å². The van der Waals surface area contributed by atoms with Crippen molar-refractivity contribution >= 4 is 0 Å². The standard InChI is InChI=1S/C11H16N2/c1-3-4-5-6-10(2)7-11(10,8-12)9-13/h3-7H2,1-2H3. The lowest BCUT2D eigenvalue weighted by atomic mass is 9.91. The summed E-state index contributed by atoms with van der Waals surface area (Å²) in [5.74, 6) is 0. The smallest absolute Gasteiger partial charge is 0.149 e. The van der Waals surface area contributed by atoms with Crippen LogP contribution in [0, 0.1) is 33.5 Å². The first kappa shape index (κ1) is 10.1. The first-order valence-electron chi connectivity index (χ1n) is 4.96. The molecule has 0 aromatic rings. The molecule has 13 heavy (non-hydrogen) atoms. The second-order valence-corrected chi connectivity index (χ2v) is 4.32. The summed E-state index contributed by atoms with van der Waals surface area (Å²) in [6.07, 6.45) is 5.36. The van der Waals surface area contributed by atoms with Crippen LogP contribution in [-0.4, -0.2) is 0 Å². The first-order valence-corrected chi connectivity index (χ1v) is 4.96. The maximum Gasteiger partial charge on any atom is 0.149 e. The molecule has 0 aromatic carbocycles. The summed E-state index contributed by atoms with van der Waals surface area (Å²) in [5.41, 5.74) is -0.660. The second kappa shape index (κ2) is 3.38. The third kappa shape index (κ3) is 1.54. The zero-order valence-electron chi connectivity index (χ0n) is 8.43. The number of hydrogen-bond donors (Lipinski definition) is 0. The molecule has 1 saturated carbocycles. The summed E-state index contributed by atoms with van der Waals surface area (Å²) < 4.78 is 0. The molecule has 0 bridgehead atoms. The van der Waals surface area contributed by atoms with Crippen LogP contribution < -0.4 is 0 Å². The third-order valence-corrected chi connectivity index (χ3v) is 3.27. The zero-order chi connectivity index (χ0) is 9.95. The molecule has 1 atom stereocenters. The van der Waals surface area contributed by atoms with E-state index in [0.717, 1.165) is 19.3 Å². The van der Waals surface area contributed by atoms with Gasteiger partial charge in [0, 0.05) is 5.41 Å². The van der Waals surface area contributed by atoms with Gasteiger partial charge >= 0.3 is 0 Å². The Bertz CT molecular complexity index is 255. The van der Waals surface area contributed by atoms with E-state index in [2.05, 4.69) is 26.0 Å². The summed E-state index contributed by atoms with van der Waals surface area (Å²) in [6.45, 7) is 4.23. The summed E-state index contributed by atoms with van der Waals surface area (Å²) >= 11 is 0. The highest BCUT2D eigenvalue weighted by Crippen LogP contribution is 2.65. The average Bonchev–Trinajstić information content (AvgIpc) is 2.73. The Hall–Kier alpha value is -1.02. The minimum atomic E-state index is -0.652. The highest BCUT2D eigenvalue weighted by molar-refractivity contribution is 5.33. The van der Waals surface area contributed by atoms with Crippen LogP contribution in [0.25, 0.3) is 0 Å². The van der Waals surface area contributed by atoms with E-state index in [1.807, 2.05) is 0 Å². The molecule has 1 rings (SSSR count). The predicted molar refractivity (Wildman–Crippen MR) is 50.5 cm³/mol. The predicted octanol–water partition coefficient (Wildman–Crippen LogP) is 3.01. The Morgan fingerprint density at radius 2 is 1.85 bits per heavy atom. The molecule has 2 heteroatoms. The van der Waals surface area contributed by atoms with Crippen LogP contribution in [0.3, 0.4) is 0 Å². The minimum Gasteiger partial charge on any atom is -0.197 e. The maximum atomic E-state index is 8.88. The van der Waals surface area contributed by atoms with E-state index in [1.54, 1.807) is 0 Å². The fourth-order valence-corrected chi connectivity index (χ4v) is 1.98. The van der Waals surface area contributed by atoms with Gasteiger partial charge in [-0.3, -0.25) is 0 Å². The number of nitrogens with zero attached hydrogens (tertiary/aromatic N) is 2. The fourth-order valence-electron chi connectivity index (χ4n) is 1.98. The van der Waals surface area contributed by atoms with E-state index in [-0.39, 0.29) is 5.41 Å². The van der Waals surface area contributed by atoms with Crippen molar-refractivity contribution in [1.82, 2.24) is 0 Å². The fraction of sp³-hybridized carbons (Fsp3) is 0.818. The molecule has 0 N–H and O–H groups in total. The minimum absolute atomic E-state index is 0.00826. The molecule has 0 spiro atoms. The zero-order valence-corrected chi connectivity index (χ0v) is 8.43. The van der Waals surface area contributed by atoms with Crippen LogP contribution in [0.1, 0.15) is 46.0 Å². The van der Waals surface area contributed by atoms with Gasteiger partial charge in [0.25, 0.3) is 0 Å². The quantitative estimate of drug-likeness (QED) is 0.618. The summed E-state index contributed by atoms with van der Waals surface area (Å²) in [6, 6.07) is 4.32. The molecule has 70 valence electrons. The molecule has 0 radical (unpaired) electrons. The topological polar surface area (TPSA) is 47.6 Å². The molecule has 1 aliphatic carbocycles. The first-order chi connectivity index (χ1) is 6.14. The highest BCUT2D eigenvalue weighted by atomic mass is 14.7. The molecule has 1 aliphatic rings. The molecule has 0 amide bonds. The Labute approximate surface area is 80.2 Å². The summed E-state index contributed by atoms with van der Waals surface area (Å²) in [5, 5.41) is 17.8. The van der Waals surface area contributed by atoms with Gasteiger partial charge in [0.2, 0.25) is 0 Å². The molecular weight excluding hydrogens is 160 g/mol. The van der Waals surface area contributed by atoms with Gasteiger partial charge < -0.3 is 0 Å². The molecule has 0 aromatic heterocycles. The Kier molecular flexibility index (Phi) is 2.62. The molecule has 1 unspecified atom stereocenters. The van der Waals surface area contributed by atoms with Gasteiger partial charge in [-0.2, -0.15) is 10.5 Å². The number of nitriles is 2. The van der Waals surface area contributed by atoms with Crippen LogP contribution in [0.5, 0.6) is 0 Å². The van der Waals surface area contributed by atoms with Crippen LogP contribution in [0.4, 0.5) is 0 Å². The average molecular weight is 176 g/mol. The van der Waals surface area contributed by atoms with Crippen LogP contribution >= 0.6 is 0 Å². The van der Waals surface area contributed by atoms with Crippen molar-refractivity contribution in [2.45, 2.75) is 46.0 Å². The van der Waals surface area contributed by atoms with Gasteiger partial charge in [-0.25, -0.2) is 0 Å². The van der Waals surface area contributed by atoms with Gasteiger partial charge in [-0.05, 0) is 12.8 Å². The van der Waals surface area contributed by atoms with Crippen LogP contribution in [0.2, 0.25) is 0 Å². The van der Waals surface area contributed by atoms with Crippen molar-refractivity contribution in [2.75, 3.05) is 0 Å². The van der Waals surface area contributed by atoms with Crippen molar-refractivity contribution in [3.63, 3.8) is 0 Å². The molecule has 1 fully saturated rings. The highest BCUT2D eigenvalue weighted by Gasteiger charge is 2.65. The Morgan fingerprint density at radius 3 is 2.23 bits per heavy atom. The van der Waals surface area contributed by atoms with E-state index < -0.39 is 5.41 Å². The van der Waals surface area contributed by atoms with Gasteiger partial charge in [-0.1, -0.05) is 33.1 Å². The molecule has 2 nitrogen and oxygen atoms in total. The number of rotatable bonds is 4. The maximum absolute atomic E-state index is 8.88. The Morgan fingerprint density at radius 1 is 1.23 bits per heavy atom. The normalized spacial score (nSPS) is 28.9. The molecule has 0 heterocycles. The molecule has 0 aliphatic heterocycles. The number of hydrogen-bond acceptors (Lipinski definition) is 2. The van der Waals surface area contributed by atoms with Gasteiger partial charge in [0.1, 0.15) is 5.41 Å². The lowest BCUT2D eigenvalue weighted by Gasteiger charge is -2.09. The summed E-state index contributed by atoms with van der Waals surface area (Å²) in [4.78, 5) is 0. The van der Waals surface area contributed by atoms with E-state index in [9.17, 15) is 0 Å². The van der Waals surface area contributed by atoms with Crippen LogP contribution in [0.15, 0.2) is 0 Å². The van der Waals surface area contributed by atoms with E-state index in [0.29, 0.717) is 0 Å². The largest absolute Gasteiger partial charge is 0.197 e. The van der Waals surface area contributed by atoms with E-state index in [1.165, 1.54) is 12.8 Å². The van der Waals surface area contributed by atoms with Crippen molar-refractivity contribution in [2.24, 2.45) is 10.8 Å². The van der Waals surface area contributed by atoms with Gasteiger partial charge in [0.15, 0.2) is 0 Å². The van der Waals surface area contributed by atoms with Crippen molar-refractivity contribution in [1.29, 1.82) is 10.5 Å². The van der Waals surface area contributed by atoms with E-state index in [4.69, 9.17) is 10.5 Å². The second-order valence-electron chi connectivity index (χ2n) is 4.32. The number of unbranched alkanes of at least 4 members (excludes halogenated alkanes) is 2. The van der Waals surface area contributed by atoms with Crippen molar-refractivity contribution in [3.8, 4) is 12.1 Å². The molecule has 0 saturated heterocycles. The van der Waals surface area contributed by atoms with Gasteiger partial charge in [-0.15, -0.1) is 0 Å². The Balaban J connectivity index is 2.46. The van der Waals surface area contributed by atoms with Gasteiger partial charge in [0.05, 0.1) is 12.1 Å². The lowest BCUT2D eigenvalue weighted by Crippen LogP contribution is -2.06. The molecular formula is C11H16N2. The lowest BCUT2D eigenvalue weighted by molar-refractivity contribution is 0.430. The SMILES string of the molecule is CCCCCC1(C)CC1(C#N)C#N. The third-order valence-electron chi connectivity index (χ3n) is 3.27. The summed E-state index contributed by atoms with van der Waals surface area (Å²) in [7, 11) is 0. The monoisotopic (exact) mass is 176 g/mol.